The fraction of sp³-hybridized carbons (Fsp3) is 0.632. The van der Waals surface area contributed by atoms with Crippen LogP contribution in [0.25, 0.3) is 0 Å². The van der Waals surface area contributed by atoms with Crippen LogP contribution in [0.15, 0.2) is 24.3 Å². The Balaban J connectivity index is 0.00000225. The van der Waals surface area contributed by atoms with Gasteiger partial charge in [0.15, 0.2) is 0 Å². The van der Waals surface area contributed by atoms with Gasteiger partial charge in [0.2, 0.25) is 5.91 Å². The Bertz CT molecular complexity index is 549. The number of benzene rings is 1. The third-order valence-electron chi connectivity index (χ3n) is 5.41. The molecule has 0 saturated carbocycles. The molecule has 6 heteroatoms. The summed E-state index contributed by atoms with van der Waals surface area (Å²) in [4.78, 5) is 14.7. The Morgan fingerprint density at radius 2 is 1.92 bits per heavy atom. The molecular formula is C19H28ClFN2O2. The maximum atomic E-state index is 13.1. The van der Waals surface area contributed by atoms with Gasteiger partial charge < -0.3 is 15.0 Å². The summed E-state index contributed by atoms with van der Waals surface area (Å²) in [7, 11) is 1.72. The van der Waals surface area contributed by atoms with Gasteiger partial charge in [-0.15, -0.1) is 12.4 Å². The highest BCUT2D eigenvalue weighted by atomic mass is 35.5. The van der Waals surface area contributed by atoms with Crippen LogP contribution >= 0.6 is 12.4 Å². The molecule has 0 bridgehead atoms. The molecule has 140 valence electrons. The molecule has 2 aliphatic rings. The number of carbonyl (C=O) groups excluding carboxylic acids is 1. The molecule has 1 N–H and O–H groups in total. The van der Waals surface area contributed by atoms with Crippen LogP contribution in [0.2, 0.25) is 0 Å². The minimum atomic E-state index is -0.204. The van der Waals surface area contributed by atoms with E-state index >= 15 is 0 Å². The fourth-order valence-corrected chi connectivity index (χ4v) is 3.92. The molecule has 2 heterocycles. The molecule has 2 fully saturated rings. The monoisotopic (exact) mass is 370 g/mol. The van der Waals surface area contributed by atoms with Gasteiger partial charge in [-0.25, -0.2) is 4.39 Å². The second kappa shape index (κ2) is 9.51. The van der Waals surface area contributed by atoms with Crippen molar-refractivity contribution in [1.29, 1.82) is 0 Å². The van der Waals surface area contributed by atoms with E-state index < -0.39 is 0 Å². The third-order valence-corrected chi connectivity index (χ3v) is 5.41. The molecular weight excluding hydrogens is 343 g/mol. The minimum absolute atomic E-state index is 0. The van der Waals surface area contributed by atoms with Crippen molar-refractivity contribution in [3.8, 4) is 0 Å². The number of piperidine rings is 2. The van der Waals surface area contributed by atoms with Gasteiger partial charge in [0.05, 0.1) is 6.10 Å². The molecule has 0 radical (unpaired) electrons. The van der Waals surface area contributed by atoms with Gasteiger partial charge in [-0.2, -0.15) is 0 Å². The summed E-state index contributed by atoms with van der Waals surface area (Å²) >= 11 is 0. The summed E-state index contributed by atoms with van der Waals surface area (Å²) in [6, 6.07) is 6.70. The lowest BCUT2D eigenvalue weighted by Gasteiger charge is -2.40. The number of nitrogens with zero attached hydrogens (tertiary/aromatic N) is 1. The maximum absolute atomic E-state index is 13.1. The molecule has 1 aromatic carbocycles. The van der Waals surface area contributed by atoms with Crippen molar-refractivity contribution >= 4 is 18.3 Å². The van der Waals surface area contributed by atoms with E-state index in [2.05, 4.69) is 5.32 Å². The lowest BCUT2D eigenvalue weighted by Crippen LogP contribution is -2.50. The average Bonchev–Trinajstić information content (AvgIpc) is 2.64. The quantitative estimate of drug-likeness (QED) is 0.885. The topological polar surface area (TPSA) is 41.6 Å². The summed E-state index contributed by atoms with van der Waals surface area (Å²) in [6.45, 7) is 3.34. The third kappa shape index (κ3) is 5.16. The van der Waals surface area contributed by atoms with Crippen molar-refractivity contribution in [3.05, 3.63) is 35.6 Å². The van der Waals surface area contributed by atoms with Gasteiger partial charge in [-0.05, 0) is 62.4 Å². The fourth-order valence-electron chi connectivity index (χ4n) is 3.92. The van der Waals surface area contributed by atoms with Gasteiger partial charge in [0.25, 0.3) is 0 Å². The van der Waals surface area contributed by atoms with E-state index in [1.54, 1.807) is 7.11 Å². The Labute approximate surface area is 155 Å². The van der Waals surface area contributed by atoms with Crippen molar-refractivity contribution in [2.24, 2.45) is 11.8 Å². The Morgan fingerprint density at radius 1 is 1.24 bits per heavy atom. The van der Waals surface area contributed by atoms with E-state index in [0.717, 1.165) is 50.9 Å². The first-order chi connectivity index (χ1) is 11.7. The summed E-state index contributed by atoms with van der Waals surface area (Å²) in [5.41, 5.74) is 1.13. The highest BCUT2D eigenvalue weighted by Gasteiger charge is 2.34. The van der Waals surface area contributed by atoms with Crippen LogP contribution in [0.5, 0.6) is 0 Å². The van der Waals surface area contributed by atoms with Crippen molar-refractivity contribution in [2.45, 2.75) is 31.8 Å². The van der Waals surface area contributed by atoms with Gasteiger partial charge in [0.1, 0.15) is 5.82 Å². The SMILES string of the molecule is CO[C@@H]1CN(C(=O)C2CCNCC2)CC[C@@H]1Cc1ccc(F)cc1.Cl. The molecule has 2 atom stereocenters. The van der Waals surface area contributed by atoms with Crippen LogP contribution in [0.1, 0.15) is 24.8 Å². The average molecular weight is 371 g/mol. The summed E-state index contributed by atoms with van der Waals surface area (Å²) in [5.74, 6) is 0.623. The largest absolute Gasteiger partial charge is 0.379 e. The zero-order valence-electron chi connectivity index (χ0n) is 14.7. The second-order valence-corrected chi connectivity index (χ2v) is 6.96. The summed E-state index contributed by atoms with van der Waals surface area (Å²) < 4.78 is 18.7. The minimum Gasteiger partial charge on any atom is -0.379 e. The van der Waals surface area contributed by atoms with Gasteiger partial charge >= 0.3 is 0 Å². The van der Waals surface area contributed by atoms with Crippen molar-refractivity contribution in [1.82, 2.24) is 10.2 Å². The molecule has 3 rings (SSSR count). The molecule has 0 aromatic heterocycles. The van der Waals surface area contributed by atoms with Gasteiger partial charge in [-0.1, -0.05) is 12.1 Å². The number of nitrogens with one attached hydrogen (secondary N) is 1. The predicted octanol–water partition coefficient (Wildman–Crippen LogP) is 2.65. The van der Waals surface area contributed by atoms with Crippen molar-refractivity contribution in [3.63, 3.8) is 0 Å². The zero-order valence-corrected chi connectivity index (χ0v) is 15.6. The molecule has 25 heavy (non-hydrogen) atoms. The van der Waals surface area contributed by atoms with Crippen LogP contribution in [0.4, 0.5) is 4.39 Å². The van der Waals surface area contributed by atoms with E-state index in [0.29, 0.717) is 18.4 Å². The number of carbonyl (C=O) groups is 1. The first-order valence-electron chi connectivity index (χ1n) is 8.94. The number of hydrogen-bond acceptors (Lipinski definition) is 3. The lowest BCUT2D eigenvalue weighted by atomic mass is 9.86. The highest BCUT2D eigenvalue weighted by Crippen LogP contribution is 2.26. The molecule has 4 nitrogen and oxygen atoms in total. The van der Waals surface area contributed by atoms with E-state index in [9.17, 15) is 9.18 Å². The van der Waals surface area contributed by atoms with Crippen LogP contribution in [0, 0.1) is 17.7 Å². The molecule has 1 aromatic rings. The Hall–Kier alpha value is -1.17. The van der Waals surface area contributed by atoms with Crippen LogP contribution in [0.3, 0.4) is 0 Å². The molecule has 1 amide bonds. The number of ether oxygens (including phenoxy) is 1. The molecule has 0 aliphatic carbocycles. The first kappa shape index (κ1) is 20.1. The highest BCUT2D eigenvalue weighted by molar-refractivity contribution is 5.85. The van der Waals surface area contributed by atoms with E-state index in [1.807, 2.05) is 17.0 Å². The molecule has 2 saturated heterocycles. The first-order valence-corrected chi connectivity index (χ1v) is 8.94. The van der Waals surface area contributed by atoms with Crippen molar-refractivity contribution < 1.29 is 13.9 Å². The Kier molecular flexibility index (Phi) is 7.66. The summed E-state index contributed by atoms with van der Waals surface area (Å²) in [6.07, 6.45) is 3.73. The zero-order chi connectivity index (χ0) is 16.9. The number of rotatable bonds is 4. The number of amides is 1. The summed E-state index contributed by atoms with van der Waals surface area (Å²) in [5, 5.41) is 3.31. The second-order valence-electron chi connectivity index (χ2n) is 6.96. The normalized spacial score (nSPS) is 24.6. The smallest absolute Gasteiger partial charge is 0.225 e. The van der Waals surface area contributed by atoms with Crippen LogP contribution in [-0.2, 0) is 16.0 Å². The predicted molar refractivity (Wildman–Crippen MR) is 98.4 cm³/mol. The van der Waals surface area contributed by atoms with E-state index in [1.165, 1.54) is 12.1 Å². The van der Waals surface area contributed by atoms with E-state index in [-0.39, 0.29) is 30.2 Å². The van der Waals surface area contributed by atoms with Crippen molar-refractivity contribution in [2.75, 3.05) is 33.3 Å². The number of likely N-dealkylation sites (tertiary alicyclic amines) is 1. The molecule has 0 unspecified atom stereocenters. The lowest BCUT2D eigenvalue weighted by molar-refractivity contribution is -0.141. The van der Waals surface area contributed by atoms with E-state index in [4.69, 9.17) is 4.74 Å². The molecule has 0 spiro atoms. The Morgan fingerprint density at radius 3 is 2.56 bits per heavy atom. The van der Waals surface area contributed by atoms with Gasteiger partial charge in [-0.3, -0.25) is 4.79 Å². The maximum Gasteiger partial charge on any atom is 0.225 e. The van der Waals surface area contributed by atoms with Crippen LogP contribution < -0.4 is 5.32 Å². The molecule has 2 aliphatic heterocycles. The van der Waals surface area contributed by atoms with Gasteiger partial charge in [0, 0.05) is 26.1 Å². The number of hydrogen-bond donors (Lipinski definition) is 1. The van der Waals surface area contributed by atoms with Crippen LogP contribution in [-0.4, -0.2) is 50.2 Å². The standard InChI is InChI=1S/C19H27FN2O2.ClH/c1-24-18-13-22(19(23)15-6-9-21-10-7-15)11-8-16(18)12-14-2-4-17(20)5-3-14;/h2-5,15-16,18,21H,6-13H2,1H3;1H/t16-,18-;/m1./s1. The number of methoxy groups -OCH3 is 1. The number of halogens is 2.